The molecular formula is C25H42N4O3. The molecule has 3 rings (SSSR count). The molecule has 180 valence electrons. The molecule has 7 nitrogen and oxygen atoms in total. The molecule has 1 saturated carbocycles. The number of nitrogens with zero attached hydrogens (tertiary/aromatic N) is 3. The normalized spacial score (nSPS) is 24.3. The second-order valence-corrected chi connectivity index (χ2v) is 10.1. The predicted octanol–water partition coefficient (Wildman–Crippen LogP) is 2.95. The molecule has 3 aliphatic rings. The molecule has 2 heterocycles. The number of morpholine rings is 1. The molecule has 2 amide bonds. The van der Waals surface area contributed by atoms with E-state index in [2.05, 4.69) is 30.1 Å². The number of hydrogen-bond donors (Lipinski definition) is 1. The lowest BCUT2D eigenvalue weighted by Gasteiger charge is -2.40. The molecule has 0 spiro atoms. The topological polar surface area (TPSA) is 85.7 Å². The zero-order valence-corrected chi connectivity index (χ0v) is 20.1. The van der Waals surface area contributed by atoms with Gasteiger partial charge in [-0.2, -0.15) is 5.26 Å². The smallest absolute Gasteiger partial charge is 0.225 e. The van der Waals surface area contributed by atoms with Crippen LogP contribution in [0.15, 0.2) is 0 Å². The lowest BCUT2D eigenvalue weighted by atomic mass is 9.73. The highest BCUT2D eigenvalue weighted by molar-refractivity contribution is 5.86. The van der Waals surface area contributed by atoms with Crippen LogP contribution < -0.4 is 5.32 Å². The summed E-state index contributed by atoms with van der Waals surface area (Å²) in [5.41, 5.74) is -0.812. The van der Waals surface area contributed by atoms with Gasteiger partial charge in [-0.3, -0.25) is 9.59 Å². The maximum absolute atomic E-state index is 13.6. The van der Waals surface area contributed by atoms with Crippen molar-refractivity contribution in [3.63, 3.8) is 0 Å². The maximum Gasteiger partial charge on any atom is 0.225 e. The fourth-order valence-electron chi connectivity index (χ4n) is 5.70. The fraction of sp³-hybridized carbons (Fsp3) is 0.880. The molecule has 1 aliphatic carbocycles. The Bertz CT molecular complexity index is 657. The number of nitrogens with one attached hydrogen (secondary N) is 1. The Hall–Kier alpha value is -1.65. The van der Waals surface area contributed by atoms with Crippen LogP contribution in [-0.4, -0.2) is 73.1 Å². The molecule has 2 saturated heterocycles. The number of amides is 2. The monoisotopic (exact) mass is 446 g/mol. The van der Waals surface area contributed by atoms with Crippen molar-refractivity contribution < 1.29 is 14.3 Å². The number of carbonyl (C=O) groups is 2. The summed E-state index contributed by atoms with van der Waals surface area (Å²) in [5.74, 6) is 0.167. The Balaban J connectivity index is 1.70. The first-order valence-electron chi connectivity index (χ1n) is 12.8. The van der Waals surface area contributed by atoms with E-state index in [9.17, 15) is 14.9 Å². The van der Waals surface area contributed by atoms with E-state index in [-0.39, 0.29) is 30.1 Å². The Morgan fingerprint density at radius 3 is 2.38 bits per heavy atom. The summed E-state index contributed by atoms with van der Waals surface area (Å²) >= 11 is 0. The molecule has 0 radical (unpaired) electrons. The first-order valence-corrected chi connectivity index (χ1v) is 12.8. The average molecular weight is 447 g/mol. The van der Waals surface area contributed by atoms with Gasteiger partial charge in [-0.05, 0) is 37.6 Å². The zero-order valence-electron chi connectivity index (χ0n) is 20.1. The van der Waals surface area contributed by atoms with Crippen LogP contribution in [0.3, 0.4) is 0 Å². The number of piperidine rings is 1. The van der Waals surface area contributed by atoms with Crippen molar-refractivity contribution in [1.82, 2.24) is 15.1 Å². The number of carbonyl (C=O) groups excluding carboxylic acids is 2. The van der Waals surface area contributed by atoms with Crippen molar-refractivity contribution in [3.8, 4) is 6.07 Å². The van der Waals surface area contributed by atoms with Crippen molar-refractivity contribution >= 4 is 11.8 Å². The highest BCUT2D eigenvalue weighted by Gasteiger charge is 2.41. The highest BCUT2D eigenvalue weighted by Crippen LogP contribution is 2.36. The summed E-state index contributed by atoms with van der Waals surface area (Å²) in [5, 5.41) is 13.1. The summed E-state index contributed by atoms with van der Waals surface area (Å²) in [6, 6.07) is 2.43. The minimum Gasteiger partial charge on any atom is -0.378 e. The SMILES string of the molecule is CCCN1CCC(C#N)(NC(=O)C(CC(=O)N2CCOCC2)C(C)C2CCCCC2)CC1. The largest absolute Gasteiger partial charge is 0.378 e. The number of likely N-dealkylation sites (tertiary alicyclic amines) is 1. The predicted molar refractivity (Wildman–Crippen MR) is 124 cm³/mol. The van der Waals surface area contributed by atoms with Gasteiger partial charge in [0.2, 0.25) is 11.8 Å². The van der Waals surface area contributed by atoms with Gasteiger partial charge in [0, 0.05) is 38.5 Å². The van der Waals surface area contributed by atoms with Crippen molar-refractivity contribution in [2.24, 2.45) is 17.8 Å². The van der Waals surface area contributed by atoms with Crippen molar-refractivity contribution in [3.05, 3.63) is 0 Å². The van der Waals surface area contributed by atoms with Gasteiger partial charge in [0.1, 0.15) is 5.54 Å². The summed E-state index contributed by atoms with van der Waals surface area (Å²) < 4.78 is 5.39. The van der Waals surface area contributed by atoms with Crippen molar-refractivity contribution in [1.29, 1.82) is 5.26 Å². The summed E-state index contributed by atoms with van der Waals surface area (Å²) in [6.45, 7) is 9.33. The van der Waals surface area contributed by atoms with E-state index in [0.717, 1.165) is 38.9 Å². The van der Waals surface area contributed by atoms with Crippen LogP contribution in [0.25, 0.3) is 0 Å². The van der Waals surface area contributed by atoms with Gasteiger partial charge in [0.05, 0.1) is 19.3 Å². The van der Waals surface area contributed by atoms with Gasteiger partial charge in [0.15, 0.2) is 0 Å². The van der Waals surface area contributed by atoms with E-state index in [4.69, 9.17) is 4.74 Å². The van der Waals surface area contributed by atoms with Crippen LogP contribution in [0.4, 0.5) is 0 Å². The third kappa shape index (κ3) is 6.45. The van der Waals surface area contributed by atoms with E-state index < -0.39 is 5.54 Å². The zero-order chi connectivity index (χ0) is 23.0. The second kappa shape index (κ2) is 12.0. The van der Waals surface area contributed by atoms with Crippen LogP contribution in [0, 0.1) is 29.1 Å². The van der Waals surface area contributed by atoms with Crippen LogP contribution in [0.2, 0.25) is 0 Å². The van der Waals surface area contributed by atoms with Crippen molar-refractivity contribution in [2.45, 2.75) is 77.2 Å². The van der Waals surface area contributed by atoms with Crippen molar-refractivity contribution in [2.75, 3.05) is 45.9 Å². The molecule has 0 aromatic carbocycles. The Kier molecular flexibility index (Phi) is 9.36. The van der Waals surface area contributed by atoms with Crippen LogP contribution >= 0.6 is 0 Å². The van der Waals surface area contributed by atoms with Gasteiger partial charge in [0.25, 0.3) is 0 Å². The Morgan fingerprint density at radius 2 is 1.78 bits per heavy atom. The molecule has 7 heteroatoms. The summed E-state index contributed by atoms with van der Waals surface area (Å²) in [4.78, 5) is 30.9. The third-order valence-corrected chi connectivity index (χ3v) is 7.95. The van der Waals surface area contributed by atoms with Crippen LogP contribution in [-0.2, 0) is 14.3 Å². The molecule has 32 heavy (non-hydrogen) atoms. The molecule has 3 fully saturated rings. The van der Waals surface area contributed by atoms with E-state index in [1.807, 2.05) is 4.90 Å². The average Bonchev–Trinajstić information content (AvgIpc) is 2.84. The first kappa shape index (κ1) is 25.0. The molecule has 2 unspecified atom stereocenters. The molecule has 0 bridgehead atoms. The van der Waals surface area contributed by atoms with Crippen LogP contribution in [0.5, 0.6) is 0 Å². The van der Waals surface area contributed by atoms with E-state index >= 15 is 0 Å². The quantitative estimate of drug-likeness (QED) is 0.620. The molecule has 0 aromatic rings. The summed E-state index contributed by atoms with van der Waals surface area (Å²) in [7, 11) is 0. The minimum absolute atomic E-state index is 0.0416. The maximum atomic E-state index is 13.6. The first-order chi connectivity index (χ1) is 15.5. The van der Waals surface area contributed by atoms with Gasteiger partial charge in [-0.25, -0.2) is 0 Å². The van der Waals surface area contributed by atoms with Gasteiger partial charge in [-0.15, -0.1) is 0 Å². The summed E-state index contributed by atoms with van der Waals surface area (Å²) in [6.07, 6.45) is 8.56. The number of ether oxygens (including phenoxy) is 1. The highest BCUT2D eigenvalue weighted by atomic mass is 16.5. The fourth-order valence-corrected chi connectivity index (χ4v) is 5.70. The molecule has 2 aliphatic heterocycles. The van der Waals surface area contributed by atoms with E-state index in [1.54, 1.807) is 0 Å². The number of hydrogen-bond acceptors (Lipinski definition) is 5. The Morgan fingerprint density at radius 1 is 1.12 bits per heavy atom. The van der Waals surface area contributed by atoms with Gasteiger partial charge >= 0.3 is 0 Å². The third-order valence-electron chi connectivity index (χ3n) is 7.95. The second-order valence-electron chi connectivity index (χ2n) is 10.1. The minimum atomic E-state index is -0.812. The van der Waals surface area contributed by atoms with Gasteiger partial charge < -0.3 is 19.9 Å². The van der Waals surface area contributed by atoms with E-state index in [1.165, 1.54) is 19.3 Å². The molecule has 2 atom stereocenters. The lowest BCUT2D eigenvalue weighted by Crippen LogP contribution is -2.57. The number of rotatable bonds is 8. The molecular weight excluding hydrogens is 404 g/mol. The number of nitriles is 1. The lowest BCUT2D eigenvalue weighted by molar-refractivity contribution is -0.141. The molecule has 0 aromatic heterocycles. The van der Waals surface area contributed by atoms with E-state index in [0.29, 0.717) is 45.1 Å². The molecule has 1 N–H and O–H groups in total. The van der Waals surface area contributed by atoms with Crippen LogP contribution in [0.1, 0.15) is 71.6 Å². The Labute approximate surface area is 193 Å². The van der Waals surface area contributed by atoms with Gasteiger partial charge in [-0.1, -0.05) is 46.0 Å². The standard InChI is InChI=1S/C25H42N4O3/c1-3-11-28-12-9-25(19-26,10-13-28)27-24(31)22(20(2)21-7-5-4-6-8-21)18-23(30)29-14-16-32-17-15-29/h20-22H,3-18H2,1-2H3,(H,27,31).